The van der Waals surface area contributed by atoms with Crippen molar-refractivity contribution in [3.63, 3.8) is 0 Å². The van der Waals surface area contributed by atoms with E-state index in [1.165, 1.54) is 11.1 Å². The van der Waals surface area contributed by atoms with Crippen LogP contribution >= 0.6 is 0 Å². The average molecular weight is 307 g/mol. The first-order valence-corrected chi connectivity index (χ1v) is 8.06. The van der Waals surface area contributed by atoms with Crippen LogP contribution in [0.15, 0.2) is 54.6 Å². The Morgan fingerprint density at radius 3 is 2.48 bits per heavy atom. The molecule has 0 bridgehead atoms. The van der Waals surface area contributed by atoms with Crippen molar-refractivity contribution < 1.29 is 9.47 Å². The average Bonchev–Trinajstić information content (AvgIpc) is 3.10. The summed E-state index contributed by atoms with van der Waals surface area (Å²) in [5.74, 6) is 2.78. The highest BCUT2D eigenvalue weighted by atomic mass is 16.5. The Morgan fingerprint density at radius 2 is 1.65 bits per heavy atom. The van der Waals surface area contributed by atoms with Gasteiger partial charge in [0.15, 0.2) is 0 Å². The Morgan fingerprint density at radius 1 is 0.913 bits per heavy atom. The summed E-state index contributed by atoms with van der Waals surface area (Å²) < 4.78 is 11.2. The van der Waals surface area contributed by atoms with Crippen LogP contribution in [-0.2, 0) is 0 Å². The van der Waals surface area contributed by atoms with Gasteiger partial charge in [0.2, 0.25) is 0 Å². The van der Waals surface area contributed by atoms with Gasteiger partial charge in [-0.05, 0) is 30.0 Å². The van der Waals surface area contributed by atoms with Gasteiger partial charge in [-0.15, -0.1) is 0 Å². The molecule has 0 spiro atoms. The third-order valence-corrected chi connectivity index (χ3v) is 5.05. The van der Waals surface area contributed by atoms with Gasteiger partial charge in [-0.25, -0.2) is 0 Å². The molecule has 1 N–H and O–H groups in total. The molecule has 118 valence electrons. The van der Waals surface area contributed by atoms with Crippen molar-refractivity contribution in [3.8, 4) is 11.5 Å². The third kappa shape index (κ3) is 2.19. The maximum absolute atomic E-state index is 5.60. The van der Waals surface area contributed by atoms with Gasteiger partial charge in [-0.1, -0.05) is 42.5 Å². The van der Waals surface area contributed by atoms with Crippen LogP contribution in [0.2, 0.25) is 0 Å². The molecule has 1 heterocycles. The number of anilines is 1. The molecule has 0 saturated carbocycles. The molecule has 4 rings (SSSR count). The zero-order valence-corrected chi connectivity index (χ0v) is 13.5. The lowest BCUT2D eigenvalue weighted by Crippen LogP contribution is -2.29. The molecule has 3 nitrogen and oxygen atoms in total. The van der Waals surface area contributed by atoms with Crippen LogP contribution in [0.3, 0.4) is 0 Å². The summed E-state index contributed by atoms with van der Waals surface area (Å²) in [6.07, 6.45) is 5.72. The molecule has 3 heteroatoms. The molecule has 0 radical (unpaired) electrons. The summed E-state index contributed by atoms with van der Waals surface area (Å²) in [4.78, 5) is 0. The lowest BCUT2D eigenvalue weighted by molar-refractivity contribution is 0.375. The summed E-state index contributed by atoms with van der Waals surface area (Å²) in [6.45, 7) is 0. The van der Waals surface area contributed by atoms with Gasteiger partial charge in [0.1, 0.15) is 11.5 Å². The molecular weight excluding hydrogens is 286 g/mol. The van der Waals surface area contributed by atoms with E-state index < -0.39 is 0 Å². The second-order valence-corrected chi connectivity index (χ2v) is 6.14. The second kappa shape index (κ2) is 5.65. The van der Waals surface area contributed by atoms with E-state index in [1.54, 1.807) is 14.2 Å². The molecule has 3 unspecified atom stereocenters. The molecule has 3 atom stereocenters. The van der Waals surface area contributed by atoms with Crippen LogP contribution in [0.1, 0.15) is 29.5 Å². The van der Waals surface area contributed by atoms with Gasteiger partial charge < -0.3 is 14.8 Å². The number of allylic oxidation sites excluding steroid dienone is 2. The molecule has 0 amide bonds. The van der Waals surface area contributed by atoms with Crippen molar-refractivity contribution in [1.82, 2.24) is 0 Å². The number of hydrogen-bond acceptors (Lipinski definition) is 3. The zero-order chi connectivity index (χ0) is 15.8. The molecule has 1 aliphatic carbocycles. The summed E-state index contributed by atoms with van der Waals surface area (Å²) in [6, 6.07) is 14.8. The van der Waals surface area contributed by atoms with Crippen molar-refractivity contribution in [2.75, 3.05) is 19.5 Å². The highest BCUT2D eigenvalue weighted by Gasteiger charge is 2.39. The number of hydrogen-bond donors (Lipinski definition) is 1. The quantitative estimate of drug-likeness (QED) is 0.845. The highest BCUT2D eigenvalue weighted by molar-refractivity contribution is 5.68. The summed E-state index contributed by atoms with van der Waals surface area (Å²) in [5, 5.41) is 3.73. The van der Waals surface area contributed by atoms with E-state index in [0.29, 0.717) is 11.8 Å². The van der Waals surface area contributed by atoms with Gasteiger partial charge in [0.05, 0.1) is 25.9 Å². The van der Waals surface area contributed by atoms with Crippen LogP contribution in [0.25, 0.3) is 0 Å². The van der Waals surface area contributed by atoms with E-state index >= 15 is 0 Å². The Kier molecular flexibility index (Phi) is 3.49. The van der Waals surface area contributed by atoms with E-state index in [0.717, 1.165) is 23.6 Å². The number of rotatable bonds is 3. The van der Waals surface area contributed by atoms with Crippen molar-refractivity contribution in [1.29, 1.82) is 0 Å². The fourth-order valence-corrected chi connectivity index (χ4v) is 3.99. The van der Waals surface area contributed by atoms with Crippen molar-refractivity contribution >= 4 is 5.69 Å². The maximum atomic E-state index is 5.60. The van der Waals surface area contributed by atoms with Crippen LogP contribution in [0.4, 0.5) is 5.69 Å². The van der Waals surface area contributed by atoms with Gasteiger partial charge in [-0.3, -0.25) is 0 Å². The van der Waals surface area contributed by atoms with E-state index in [9.17, 15) is 0 Å². The minimum absolute atomic E-state index is 0.218. The molecule has 0 aromatic heterocycles. The first-order chi connectivity index (χ1) is 11.3. The number of nitrogens with one attached hydrogen (secondary N) is 1. The Labute approximate surface area is 136 Å². The van der Waals surface area contributed by atoms with Gasteiger partial charge in [-0.2, -0.15) is 0 Å². The smallest absolute Gasteiger partial charge is 0.142 e. The third-order valence-electron chi connectivity index (χ3n) is 5.05. The number of methoxy groups -OCH3 is 2. The maximum Gasteiger partial charge on any atom is 0.142 e. The molecule has 1 aliphatic heterocycles. The molecule has 0 fully saturated rings. The van der Waals surface area contributed by atoms with Crippen molar-refractivity contribution in [2.24, 2.45) is 5.92 Å². The van der Waals surface area contributed by atoms with Crippen molar-refractivity contribution in [2.45, 2.75) is 18.4 Å². The molecule has 23 heavy (non-hydrogen) atoms. The van der Waals surface area contributed by atoms with Crippen molar-refractivity contribution in [3.05, 3.63) is 65.7 Å². The number of fused-ring (bicyclic) bond motifs is 3. The van der Waals surface area contributed by atoms with Gasteiger partial charge in [0, 0.05) is 11.5 Å². The largest absolute Gasteiger partial charge is 0.496 e. The topological polar surface area (TPSA) is 30.5 Å². The van der Waals surface area contributed by atoms with Gasteiger partial charge in [0.25, 0.3) is 0 Å². The fraction of sp³-hybridized carbons (Fsp3) is 0.300. The van der Waals surface area contributed by atoms with Crippen LogP contribution in [0.5, 0.6) is 11.5 Å². The van der Waals surface area contributed by atoms with E-state index in [2.05, 4.69) is 41.7 Å². The minimum atomic E-state index is 0.218. The lowest BCUT2D eigenvalue weighted by atomic mass is 9.76. The summed E-state index contributed by atoms with van der Waals surface area (Å²) in [7, 11) is 3.46. The Bertz CT molecular complexity index is 753. The summed E-state index contributed by atoms with van der Waals surface area (Å²) in [5.41, 5.74) is 3.65. The molecular formula is C20H21NO2. The second-order valence-electron chi connectivity index (χ2n) is 6.14. The highest BCUT2D eigenvalue weighted by Crippen LogP contribution is 2.53. The Balaban J connectivity index is 1.84. The molecule has 2 aliphatic rings. The monoisotopic (exact) mass is 307 g/mol. The molecule has 2 aromatic carbocycles. The normalized spacial score (nSPS) is 24.5. The van der Waals surface area contributed by atoms with E-state index in [4.69, 9.17) is 9.47 Å². The Hall–Kier alpha value is -2.42. The van der Waals surface area contributed by atoms with E-state index in [1.807, 2.05) is 18.2 Å². The number of para-hydroxylation sites is 2. The molecule has 0 saturated heterocycles. The van der Waals surface area contributed by atoms with E-state index in [-0.39, 0.29) is 6.04 Å². The predicted molar refractivity (Wildman–Crippen MR) is 92.3 cm³/mol. The van der Waals surface area contributed by atoms with Crippen LogP contribution in [-0.4, -0.2) is 14.2 Å². The van der Waals surface area contributed by atoms with Crippen LogP contribution in [0, 0.1) is 5.92 Å². The molecule has 2 aromatic rings. The predicted octanol–water partition coefficient (Wildman–Crippen LogP) is 4.53. The number of ether oxygens (including phenoxy) is 2. The minimum Gasteiger partial charge on any atom is -0.496 e. The number of benzene rings is 2. The van der Waals surface area contributed by atoms with Crippen LogP contribution < -0.4 is 14.8 Å². The lowest BCUT2D eigenvalue weighted by Gasteiger charge is -2.38. The summed E-state index contributed by atoms with van der Waals surface area (Å²) >= 11 is 0. The SMILES string of the molecule is COc1ccccc1C1Nc2c(OC)cccc2C2C=CCC21. The standard InChI is InChI=1S/C20H21NO2/c1-22-17-11-4-3-7-16(17)19-14-9-5-8-13(14)15-10-6-12-18(23-2)20(15)21-19/h3-8,10-14,19,21H,9H2,1-2H3. The first-order valence-electron chi connectivity index (χ1n) is 8.06. The zero-order valence-electron chi connectivity index (χ0n) is 13.5. The fourth-order valence-electron chi connectivity index (χ4n) is 3.99. The van der Waals surface area contributed by atoms with Gasteiger partial charge >= 0.3 is 0 Å². The first kappa shape index (κ1) is 14.2.